The topological polar surface area (TPSA) is 73.0 Å². The average molecular weight is 414 g/mol. The van der Waals surface area contributed by atoms with Crippen LogP contribution in [-0.4, -0.2) is 20.7 Å². The Labute approximate surface area is 168 Å². The number of carbonyl (C=O) groups excluding carboxylic acids is 1. The van der Waals surface area contributed by atoms with E-state index in [-0.39, 0.29) is 17.8 Å². The van der Waals surface area contributed by atoms with E-state index in [1.165, 1.54) is 16.0 Å². The number of nitrogens with zero attached hydrogens (tertiary/aromatic N) is 3. The number of hydrogen-bond donors (Lipinski definition) is 1. The van der Waals surface area contributed by atoms with Gasteiger partial charge in [0.25, 0.3) is 5.91 Å². The summed E-state index contributed by atoms with van der Waals surface area (Å²) >= 11 is 1.29. The van der Waals surface area contributed by atoms with E-state index in [0.717, 1.165) is 24.0 Å². The molecule has 0 unspecified atom stereocenters. The van der Waals surface area contributed by atoms with Crippen molar-refractivity contribution in [2.24, 2.45) is 0 Å². The van der Waals surface area contributed by atoms with Gasteiger partial charge in [0, 0.05) is 16.5 Å². The minimum absolute atomic E-state index is 0.0268. The highest BCUT2D eigenvalue weighted by Gasteiger charge is 2.18. The zero-order valence-corrected chi connectivity index (χ0v) is 16.4. The predicted octanol–water partition coefficient (Wildman–Crippen LogP) is 4.80. The molecule has 0 atom stereocenters. The Balaban J connectivity index is 1.55. The van der Waals surface area contributed by atoms with Crippen LogP contribution in [0, 0.1) is 25.5 Å². The lowest BCUT2D eigenvalue weighted by Crippen LogP contribution is -2.17. The molecular weight excluding hydrogens is 398 g/mol. The molecule has 148 valence electrons. The number of hydrogen-bond acceptors (Lipinski definition) is 5. The summed E-state index contributed by atoms with van der Waals surface area (Å²) in [5.74, 6) is 0.218. The van der Waals surface area contributed by atoms with Gasteiger partial charge in [-0.2, -0.15) is 5.10 Å². The molecule has 1 aromatic carbocycles. The Kier molecular flexibility index (Phi) is 4.98. The monoisotopic (exact) mass is 414 g/mol. The SMILES string of the molecule is Cc1ccc(-c2nc(C(=O)Nc3c(C)cnn3Cc3cc(F)ccc3F)cs2)o1. The van der Waals surface area contributed by atoms with Crippen molar-refractivity contribution < 1.29 is 18.0 Å². The fourth-order valence-electron chi connectivity index (χ4n) is 2.80. The van der Waals surface area contributed by atoms with Crippen molar-refractivity contribution in [3.8, 4) is 10.8 Å². The van der Waals surface area contributed by atoms with Gasteiger partial charge in [0.1, 0.15) is 28.9 Å². The van der Waals surface area contributed by atoms with Crippen molar-refractivity contribution in [2.45, 2.75) is 20.4 Å². The van der Waals surface area contributed by atoms with Gasteiger partial charge >= 0.3 is 0 Å². The average Bonchev–Trinajstić information content (AvgIpc) is 3.41. The van der Waals surface area contributed by atoms with Gasteiger partial charge in [-0.05, 0) is 44.2 Å². The van der Waals surface area contributed by atoms with Crippen LogP contribution < -0.4 is 5.32 Å². The summed E-state index contributed by atoms with van der Waals surface area (Å²) in [6.45, 7) is 3.57. The molecular formula is C20H16F2N4O2S. The van der Waals surface area contributed by atoms with Crippen molar-refractivity contribution in [3.05, 3.63) is 76.1 Å². The van der Waals surface area contributed by atoms with Crippen LogP contribution in [0.1, 0.15) is 27.4 Å². The van der Waals surface area contributed by atoms with Crippen LogP contribution in [0.25, 0.3) is 10.8 Å². The third-order valence-corrected chi connectivity index (χ3v) is 5.13. The lowest BCUT2D eigenvalue weighted by molar-refractivity contribution is 0.102. The van der Waals surface area contributed by atoms with Crippen molar-refractivity contribution >= 4 is 23.1 Å². The van der Waals surface area contributed by atoms with Crippen molar-refractivity contribution in [1.29, 1.82) is 0 Å². The summed E-state index contributed by atoms with van der Waals surface area (Å²) in [7, 11) is 0. The molecule has 4 rings (SSSR count). The molecule has 0 aliphatic carbocycles. The number of benzene rings is 1. The molecule has 1 amide bonds. The Morgan fingerprint density at radius 3 is 2.83 bits per heavy atom. The standard InChI is InChI=1S/C20H16F2N4O2S/c1-11-8-23-26(9-13-7-14(21)4-5-15(13)22)18(11)25-19(27)16-10-29-20(24-16)17-6-3-12(2)28-17/h3-8,10H,9H2,1-2H3,(H,25,27). The highest BCUT2D eigenvalue weighted by Crippen LogP contribution is 2.26. The second kappa shape index (κ2) is 7.59. The number of furan rings is 1. The van der Waals surface area contributed by atoms with Gasteiger partial charge in [0.2, 0.25) is 0 Å². The highest BCUT2D eigenvalue weighted by atomic mass is 32.1. The van der Waals surface area contributed by atoms with Gasteiger partial charge in [-0.15, -0.1) is 11.3 Å². The molecule has 0 bridgehead atoms. The van der Waals surface area contributed by atoms with E-state index in [2.05, 4.69) is 15.4 Å². The second-order valence-electron chi connectivity index (χ2n) is 6.47. The molecule has 9 heteroatoms. The van der Waals surface area contributed by atoms with Crippen LogP contribution in [0.2, 0.25) is 0 Å². The van der Waals surface area contributed by atoms with E-state index in [1.54, 1.807) is 24.6 Å². The zero-order chi connectivity index (χ0) is 20.5. The molecule has 1 N–H and O–H groups in total. The fraction of sp³-hybridized carbons (Fsp3) is 0.150. The first-order valence-electron chi connectivity index (χ1n) is 8.71. The molecule has 3 heterocycles. The molecule has 0 radical (unpaired) electrons. The molecule has 3 aromatic heterocycles. The lowest BCUT2D eigenvalue weighted by atomic mass is 10.2. The maximum Gasteiger partial charge on any atom is 0.276 e. The highest BCUT2D eigenvalue weighted by molar-refractivity contribution is 7.13. The maximum atomic E-state index is 14.0. The van der Waals surface area contributed by atoms with Crippen molar-refractivity contribution in [3.63, 3.8) is 0 Å². The van der Waals surface area contributed by atoms with Gasteiger partial charge in [-0.1, -0.05) is 0 Å². The molecule has 0 fully saturated rings. The first kappa shape index (κ1) is 19.0. The van der Waals surface area contributed by atoms with Gasteiger partial charge < -0.3 is 9.73 Å². The van der Waals surface area contributed by atoms with E-state index in [1.807, 2.05) is 13.0 Å². The summed E-state index contributed by atoms with van der Waals surface area (Å²) in [5.41, 5.74) is 1.04. The van der Waals surface area contributed by atoms with Gasteiger partial charge in [-0.25, -0.2) is 18.4 Å². The van der Waals surface area contributed by atoms with E-state index >= 15 is 0 Å². The van der Waals surface area contributed by atoms with E-state index in [4.69, 9.17) is 4.42 Å². The molecule has 4 aromatic rings. The summed E-state index contributed by atoms with van der Waals surface area (Å²) in [4.78, 5) is 17.0. The summed E-state index contributed by atoms with van der Waals surface area (Å²) < 4.78 is 34.4. The number of aryl methyl sites for hydroxylation is 2. The third-order valence-electron chi connectivity index (χ3n) is 4.27. The number of carbonyl (C=O) groups is 1. The number of amides is 1. The van der Waals surface area contributed by atoms with Gasteiger partial charge in [-0.3, -0.25) is 4.79 Å². The fourth-order valence-corrected chi connectivity index (χ4v) is 3.56. The van der Waals surface area contributed by atoms with E-state index in [9.17, 15) is 13.6 Å². The number of rotatable bonds is 5. The normalized spacial score (nSPS) is 11.0. The molecule has 29 heavy (non-hydrogen) atoms. The molecule has 0 aliphatic rings. The Morgan fingerprint density at radius 1 is 1.24 bits per heavy atom. The number of nitrogens with one attached hydrogen (secondary N) is 1. The predicted molar refractivity (Wildman–Crippen MR) is 105 cm³/mol. The number of aromatic nitrogens is 3. The van der Waals surface area contributed by atoms with E-state index in [0.29, 0.717) is 22.1 Å². The zero-order valence-electron chi connectivity index (χ0n) is 15.6. The van der Waals surface area contributed by atoms with Gasteiger partial charge in [0.15, 0.2) is 10.8 Å². The third kappa shape index (κ3) is 3.95. The van der Waals surface area contributed by atoms with Gasteiger partial charge in [0.05, 0.1) is 12.7 Å². The van der Waals surface area contributed by atoms with Crippen LogP contribution in [0.5, 0.6) is 0 Å². The lowest BCUT2D eigenvalue weighted by Gasteiger charge is -2.10. The van der Waals surface area contributed by atoms with Crippen molar-refractivity contribution in [1.82, 2.24) is 14.8 Å². The van der Waals surface area contributed by atoms with Crippen LogP contribution in [-0.2, 0) is 6.54 Å². The molecule has 6 nitrogen and oxygen atoms in total. The Bertz CT molecular complexity index is 1200. The van der Waals surface area contributed by atoms with Crippen molar-refractivity contribution in [2.75, 3.05) is 5.32 Å². The molecule has 0 saturated carbocycles. The first-order valence-corrected chi connectivity index (χ1v) is 9.58. The Hall–Kier alpha value is -3.33. The largest absolute Gasteiger partial charge is 0.459 e. The smallest absolute Gasteiger partial charge is 0.276 e. The quantitative estimate of drug-likeness (QED) is 0.509. The van der Waals surface area contributed by atoms with Crippen LogP contribution in [0.15, 0.2) is 46.3 Å². The van der Waals surface area contributed by atoms with Crippen LogP contribution in [0.4, 0.5) is 14.6 Å². The Morgan fingerprint density at radius 2 is 2.07 bits per heavy atom. The first-order chi connectivity index (χ1) is 13.9. The molecule has 0 spiro atoms. The minimum Gasteiger partial charge on any atom is -0.459 e. The summed E-state index contributed by atoms with van der Waals surface area (Å²) in [6.07, 6.45) is 1.55. The molecule has 0 saturated heterocycles. The number of thiazole rings is 1. The summed E-state index contributed by atoms with van der Waals surface area (Å²) in [5, 5.41) is 9.15. The number of anilines is 1. The van der Waals surface area contributed by atoms with Crippen LogP contribution in [0.3, 0.4) is 0 Å². The summed E-state index contributed by atoms with van der Waals surface area (Å²) in [6, 6.07) is 6.84. The molecule has 0 aliphatic heterocycles. The number of halogens is 2. The van der Waals surface area contributed by atoms with Crippen LogP contribution >= 0.6 is 11.3 Å². The maximum absolute atomic E-state index is 14.0. The van der Waals surface area contributed by atoms with E-state index < -0.39 is 17.5 Å². The minimum atomic E-state index is -0.547. The second-order valence-corrected chi connectivity index (χ2v) is 7.33.